The monoisotopic (exact) mass is 309 g/mol. The van der Waals surface area contributed by atoms with Gasteiger partial charge in [-0.15, -0.1) is 0 Å². The highest BCUT2D eigenvalue weighted by atomic mass is 16.4. The van der Waals surface area contributed by atoms with Gasteiger partial charge in [-0.05, 0) is 35.0 Å². The van der Waals surface area contributed by atoms with Crippen LogP contribution in [0.2, 0.25) is 0 Å². The fourth-order valence-corrected chi connectivity index (χ4v) is 2.00. The van der Waals surface area contributed by atoms with Crippen molar-refractivity contribution in [3.63, 3.8) is 0 Å². The Morgan fingerprint density at radius 3 is 1.83 bits per heavy atom. The zero-order valence-electron chi connectivity index (χ0n) is 12.1. The summed E-state index contributed by atoms with van der Waals surface area (Å²) < 4.78 is 0. The molecular weight excluding hydrogens is 294 g/mol. The lowest BCUT2D eigenvalue weighted by molar-refractivity contribution is 0.0693. The van der Waals surface area contributed by atoms with Gasteiger partial charge in [0.1, 0.15) is 11.3 Å². The van der Waals surface area contributed by atoms with Crippen molar-refractivity contribution in [2.24, 2.45) is 5.73 Å². The smallest absolute Gasteiger partial charge is 0.339 e. The molecule has 0 heterocycles. The summed E-state index contributed by atoms with van der Waals surface area (Å²) in [6.07, 6.45) is 0. The molecule has 23 heavy (non-hydrogen) atoms. The van der Waals surface area contributed by atoms with Crippen molar-refractivity contribution >= 4 is 22.6 Å². The first-order chi connectivity index (χ1) is 11.0. The molecule has 3 aromatic carbocycles. The number of phenols is 1. The zero-order chi connectivity index (χ0) is 16.8. The van der Waals surface area contributed by atoms with E-state index < -0.39 is 5.97 Å². The molecule has 0 aliphatic rings. The largest absolute Gasteiger partial charge is 0.507 e. The first-order valence-corrected chi connectivity index (χ1v) is 6.79. The van der Waals surface area contributed by atoms with Crippen molar-refractivity contribution in [2.75, 3.05) is 0 Å². The number of nitrogens with two attached hydrogens (primary N) is 1. The van der Waals surface area contributed by atoms with Gasteiger partial charge in [-0.2, -0.15) is 0 Å². The summed E-state index contributed by atoms with van der Waals surface area (Å²) in [4.78, 5) is 21.1. The molecule has 0 spiro atoms. The van der Waals surface area contributed by atoms with E-state index in [4.69, 9.17) is 10.8 Å². The molecule has 5 heteroatoms. The first kappa shape index (κ1) is 16.0. The molecule has 0 aliphatic heterocycles. The molecule has 0 saturated carbocycles. The van der Waals surface area contributed by atoms with E-state index in [1.165, 1.54) is 12.1 Å². The third-order valence-corrected chi connectivity index (χ3v) is 3.15. The predicted molar refractivity (Wildman–Crippen MR) is 87.5 cm³/mol. The average Bonchev–Trinajstić information content (AvgIpc) is 2.55. The van der Waals surface area contributed by atoms with Crippen LogP contribution < -0.4 is 5.73 Å². The van der Waals surface area contributed by atoms with Gasteiger partial charge in [-0.1, -0.05) is 42.5 Å². The number of carboxylic acid groups (broad SMARTS) is 1. The van der Waals surface area contributed by atoms with Crippen molar-refractivity contribution in [1.29, 1.82) is 0 Å². The van der Waals surface area contributed by atoms with Gasteiger partial charge in [0.05, 0.1) is 0 Å². The second-order valence-corrected chi connectivity index (χ2v) is 4.75. The Hall–Kier alpha value is -3.34. The quantitative estimate of drug-likeness (QED) is 0.677. The molecule has 1 amide bonds. The van der Waals surface area contributed by atoms with E-state index in [0.717, 1.165) is 10.8 Å². The van der Waals surface area contributed by atoms with E-state index in [2.05, 4.69) is 0 Å². The van der Waals surface area contributed by atoms with Crippen LogP contribution in [-0.2, 0) is 0 Å². The molecule has 0 bridgehead atoms. The SMILES string of the molecule is NC(=O)c1ccccc1.O=C(O)c1cc2ccccc2cc1O. The average molecular weight is 309 g/mol. The van der Waals surface area contributed by atoms with Gasteiger partial charge in [0.25, 0.3) is 0 Å². The highest BCUT2D eigenvalue weighted by Gasteiger charge is 2.09. The summed E-state index contributed by atoms with van der Waals surface area (Å²) >= 11 is 0. The van der Waals surface area contributed by atoms with Crippen molar-refractivity contribution in [3.8, 4) is 5.75 Å². The Kier molecular flexibility index (Phi) is 4.94. The minimum atomic E-state index is -1.12. The minimum absolute atomic E-state index is 0.0660. The Morgan fingerprint density at radius 2 is 1.35 bits per heavy atom. The van der Waals surface area contributed by atoms with Crippen LogP contribution in [0.15, 0.2) is 66.7 Å². The second kappa shape index (κ2) is 7.09. The van der Waals surface area contributed by atoms with Crippen molar-refractivity contribution < 1.29 is 19.8 Å². The number of amides is 1. The molecule has 5 nitrogen and oxygen atoms in total. The molecule has 0 atom stereocenters. The van der Waals surface area contributed by atoms with Gasteiger partial charge in [0.2, 0.25) is 5.91 Å². The molecule has 0 saturated heterocycles. The summed E-state index contributed by atoms with van der Waals surface area (Å²) in [7, 11) is 0. The summed E-state index contributed by atoms with van der Waals surface area (Å²) in [6, 6.07) is 19.0. The number of carboxylic acids is 1. The zero-order valence-corrected chi connectivity index (χ0v) is 12.1. The van der Waals surface area contributed by atoms with Gasteiger partial charge in [0.15, 0.2) is 0 Å². The fraction of sp³-hybridized carbons (Fsp3) is 0. The number of hydrogen-bond acceptors (Lipinski definition) is 3. The van der Waals surface area contributed by atoms with Crippen molar-refractivity contribution in [1.82, 2.24) is 0 Å². The van der Waals surface area contributed by atoms with Crippen LogP contribution in [0.5, 0.6) is 5.75 Å². The topological polar surface area (TPSA) is 101 Å². The number of fused-ring (bicyclic) bond motifs is 1. The van der Waals surface area contributed by atoms with Crippen LogP contribution in [-0.4, -0.2) is 22.1 Å². The first-order valence-electron chi connectivity index (χ1n) is 6.79. The number of primary amides is 1. The highest BCUT2D eigenvalue weighted by molar-refractivity contribution is 5.97. The van der Waals surface area contributed by atoms with E-state index >= 15 is 0 Å². The number of carbonyl (C=O) groups is 2. The van der Waals surface area contributed by atoms with Crippen LogP contribution in [0.1, 0.15) is 20.7 Å². The molecular formula is C18H15NO4. The normalized spacial score (nSPS) is 9.74. The van der Waals surface area contributed by atoms with Gasteiger partial charge in [-0.3, -0.25) is 4.79 Å². The second-order valence-electron chi connectivity index (χ2n) is 4.75. The molecule has 0 aliphatic carbocycles. The molecule has 3 rings (SSSR count). The maximum atomic E-state index is 10.7. The van der Waals surface area contributed by atoms with Gasteiger partial charge < -0.3 is 15.9 Å². The van der Waals surface area contributed by atoms with E-state index in [0.29, 0.717) is 5.56 Å². The Morgan fingerprint density at radius 1 is 0.826 bits per heavy atom. The lowest BCUT2D eigenvalue weighted by Gasteiger charge is -2.02. The van der Waals surface area contributed by atoms with E-state index in [1.54, 1.807) is 30.3 Å². The summed E-state index contributed by atoms with van der Waals surface area (Å²) in [5, 5.41) is 19.8. The van der Waals surface area contributed by atoms with E-state index in [9.17, 15) is 14.7 Å². The van der Waals surface area contributed by atoms with Gasteiger partial charge >= 0.3 is 5.97 Å². The Labute approximate surface area is 132 Å². The standard InChI is InChI=1S/C11H8O3.C7H7NO/c12-10-6-8-4-2-1-3-7(8)5-9(10)11(13)14;8-7(9)6-4-2-1-3-5-6/h1-6,12H,(H,13,14);1-5H,(H2,8,9). The molecule has 3 aromatic rings. The molecule has 4 N–H and O–H groups in total. The summed E-state index contributed by atoms with van der Waals surface area (Å²) in [5.74, 6) is -1.69. The Balaban J connectivity index is 0.000000185. The summed E-state index contributed by atoms with van der Waals surface area (Å²) in [5.41, 5.74) is 5.46. The lowest BCUT2D eigenvalue weighted by atomic mass is 10.1. The number of benzene rings is 3. The number of hydrogen-bond donors (Lipinski definition) is 3. The van der Waals surface area contributed by atoms with E-state index in [-0.39, 0.29) is 17.2 Å². The fourth-order valence-electron chi connectivity index (χ4n) is 2.00. The van der Waals surface area contributed by atoms with E-state index in [1.807, 2.05) is 24.3 Å². The van der Waals surface area contributed by atoms with Crippen molar-refractivity contribution in [3.05, 3.63) is 77.9 Å². The van der Waals surface area contributed by atoms with Crippen LogP contribution in [0, 0.1) is 0 Å². The van der Waals surface area contributed by atoms with Crippen LogP contribution in [0.25, 0.3) is 10.8 Å². The number of rotatable bonds is 2. The Bertz CT molecular complexity index is 844. The van der Waals surface area contributed by atoms with Gasteiger partial charge in [-0.25, -0.2) is 4.79 Å². The van der Waals surface area contributed by atoms with Crippen LogP contribution >= 0.6 is 0 Å². The minimum Gasteiger partial charge on any atom is -0.507 e. The molecule has 0 unspecified atom stereocenters. The number of carbonyl (C=O) groups excluding carboxylic acids is 1. The molecule has 0 aromatic heterocycles. The predicted octanol–water partition coefficient (Wildman–Crippen LogP) is 3.03. The lowest BCUT2D eigenvalue weighted by Crippen LogP contribution is -2.09. The van der Waals surface area contributed by atoms with Crippen molar-refractivity contribution in [2.45, 2.75) is 0 Å². The highest BCUT2D eigenvalue weighted by Crippen LogP contribution is 2.24. The maximum Gasteiger partial charge on any atom is 0.339 e. The van der Waals surface area contributed by atoms with Crippen LogP contribution in [0.4, 0.5) is 0 Å². The van der Waals surface area contributed by atoms with Gasteiger partial charge in [0, 0.05) is 5.56 Å². The molecule has 0 fully saturated rings. The van der Waals surface area contributed by atoms with Crippen LogP contribution in [0.3, 0.4) is 0 Å². The summed E-state index contributed by atoms with van der Waals surface area (Å²) in [6.45, 7) is 0. The molecule has 116 valence electrons. The molecule has 0 radical (unpaired) electrons. The number of aromatic carboxylic acids is 1. The maximum absolute atomic E-state index is 10.7. The number of aromatic hydroxyl groups is 1. The third kappa shape index (κ3) is 4.07. The third-order valence-electron chi connectivity index (χ3n) is 3.15.